The molecule has 0 aliphatic heterocycles. The second-order valence-corrected chi connectivity index (χ2v) is 6.00. The monoisotopic (exact) mass is 399 g/mol. The highest BCUT2D eigenvalue weighted by atomic mass is 16.5. The molecule has 2 aromatic rings. The summed E-state index contributed by atoms with van der Waals surface area (Å²) in [5.41, 5.74) is 1.81. The molecule has 1 N–H and O–H groups in total. The second-order valence-electron chi connectivity index (χ2n) is 6.00. The van der Waals surface area contributed by atoms with Crippen LogP contribution in [0.2, 0.25) is 0 Å². The highest BCUT2D eigenvalue weighted by molar-refractivity contribution is 5.89. The number of benzene rings is 2. The number of hydrogen-bond donors (Lipinski definition) is 1. The van der Waals surface area contributed by atoms with Crippen LogP contribution >= 0.6 is 0 Å². The average molecular weight is 399 g/mol. The van der Waals surface area contributed by atoms with Crippen molar-refractivity contribution in [2.75, 3.05) is 34.5 Å². The van der Waals surface area contributed by atoms with Gasteiger partial charge in [-0.1, -0.05) is 18.2 Å². The highest BCUT2D eigenvalue weighted by Crippen LogP contribution is 2.27. The van der Waals surface area contributed by atoms with E-state index in [4.69, 9.17) is 18.9 Å². The SMILES string of the molecule is COc1ccc(/C=C/C(=O)OCC(=O)NCCc2ccc(OC)c(OC)c2)cc1. The van der Waals surface area contributed by atoms with Gasteiger partial charge in [0.15, 0.2) is 18.1 Å². The van der Waals surface area contributed by atoms with Crippen LogP contribution < -0.4 is 19.5 Å². The predicted molar refractivity (Wildman–Crippen MR) is 109 cm³/mol. The van der Waals surface area contributed by atoms with Crippen molar-refractivity contribution >= 4 is 18.0 Å². The standard InChI is InChI=1S/C22H25NO6/c1-26-18-8-4-16(5-9-18)7-11-22(25)29-15-21(24)23-13-12-17-6-10-19(27-2)20(14-17)28-3/h4-11,14H,12-13,15H2,1-3H3,(H,23,24)/b11-7+. The predicted octanol–water partition coefficient (Wildman–Crippen LogP) is 2.63. The molecule has 0 aliphatic rings. The van der Waals surface area contributed by atoms with Gasteiger partial charge in [-0.05, 0) is 47.9 Å². The first-order chi connectivity index (χ1) is 14.0. The molecule has 1 amide bonds. The molecule has 0 heterocycles. The molecule has 0 fully saturated rings. The van der Waals surface area contributed by atoms with Crippen molar-refractivity contribution in [3.05, 3.63) is 59.7 Å². The molecule has 2 rings (SSSR count). The Labute approximate surface area is 170 Å². The Morgan fingerprint density at radius 2 is 1.66 bits per heavy atom. The lowest BCUT2D eigenvalue weighted by Crippen LogP contribution is -2.30. The van der Waals surface area contributed by atoms with Gasteiger partial charge in [-0.25, -0.2) is 4.79 Å². The van der Waals surface area contributed by atoms with E-state index in [1.165, 1.54) is 6.08 Å². The van der Waals surface area contributed by atoms with Crippen molar-refractivity contribution in [1.29, 1.82) is 0 Å². The maximum atomic E-state index is 11.8. The van der Waals surface area contributed by atoms with E-state index >= 15 is 0 Å². The summed E-state index contributed by atoms with van der Waals surface area (Å²) < 4.78 is 20.5. The van der Waals surface area contributed by atoms with Gasteiger partial charge in [0.25, 0.3) is 5.91 Å². The molecule has 0 radical (unpaired) electrons. The maximum Gasteiger partial charge on any atom is 0.331 e. The Kier molecular flexibility index (Phi) is 8.56. The Morgan fingerprint density at radius 1 is 0.931 bits per heavy atom. The fourth-order valence-electron chi connectivity index (χ4n) is 2.50. The number of carbonyl (C=O) groups is 2. The first-order valence-corrected chi connectivity index (χ1v) is 9.02. The molecule has 0 bridgehead atoms. The minimum absolute atomic E-state index is 0.336. The van der Waals surface area contributed by atoms with E-state index in [1.807, 2.05) is 30.3 Å². The third kappa shape index (κ3) is 7.21. The summed E-state index contributed by atoms with van der Waals surface area (Å²) in [7, 11) is 4.73. The Morgan fingerprint density at radius 3 is 2.31 bits per heavy atom. The van der Waals surface area contributed by atoms with E-state index in [1.54, 1.807) is 39.5 Å². The third-order valence-corrected chi connectivity index (χ3v) is 4.06. The summed E-state index contributed by atoms with van der Waals surface area (Å²) in [6, 6.07) is 12.8. The van der Waals surface area contributed by atoms with E-state index in [-0.39, 0.29) is 12.5 Å². The molecule has 0 saturated heterocycles. The Hall–Kier alpha value is -3.48. The number of hydrogen-bond acceptors (Lipinski definition) is 6. The lowest BCUT2D eigenvalue weighted by atomic mass is 10.1. The fourth-order valence-corrected chi connectivity index (χ4v) is 2.50. The average Bonchev–Trinajstić information content (AvgIpc) is 2.76. The molecule has 0 spiro atoms. The van der Waals surface area contributed by atoms with E-state index < -0.39 is 5.97 Å². The van der Waals surface area contributed by atoms with Crippen LogP contribution in [0.15, 0.2) is 48.5 Å². The summed E-state index contributed by atoms with van der Waals surface area (Å²) in [5, 5.41) is 2.71. The first-order valence-electron chi connectivity index (χ1n) is 9.02. The van der Waals surface area contributed by atoms with Gasteiger partial charge >= 0.3 is 5.97 Å². The molecule has 7 nitrogen and oxygen atoms in total. The largest absolute Gasteiger partial charge is 0.497 e. The topological polar surface area (TPSA) is 83.1 Å². The molecule has 0 aromatic heterocycles. The van der Waals surface area contributed by atoms with Crippen LogP contribution in [0.3, 0.4) is 0 Å². The summed E-state index contributed by atoms with van der Waals surface area (Å²) >= 11 is 0. The van der Waals surface area contributed by atoms with Crippen LogP contribution in [0.1, 0.15) is 11.1 Å². The summed E-state index contributed by atoms with van der Waals surface area (Å²) in [6.07, 6.45) is 3.49. The number of esters is 1. The van der Waals surface area contributed by atoms with Crippen LogP contribution in [0, 0.1) is 0 Å². The van der Waals surface area contributed by atoms with Crippen LogP contribution in [0.25, 0.3) is 6.08 Å². The van der Waals surface area contributed by atoms with Crippen molar-refractivity contribution in [1.82, 2.24) is 5.32 Å². The normalized spacial score (nSPS) is 10.4. The van der Waals surface area contributed by atoms with Crippen molar-refractivity contribution < 1.29 is 28.5 Å². The summed E-state index contributed by atoms with van der Waals surface area (Å²) in [6.45, 7) is 0.0747. The molecule has 2 aromatic carbocycles. The minimum Gasteiger partial charge on any atom is -0.497 e. The van der Waals surface area contributed by atoms with Gasteiger partial charge in [0.05, 0.1) is 21.3 Å². The fraction of sp³-hybridized carbons (Fsp3) is 0.273. The molecule has 7 heteroatoms. The lowest BCUT2D eigenvalue weighted by molar-refractivity contribution is -0.143. The van der Waals surface area contributed by atoms with Crippen molar-refractivity contribution in [3.63, 3.8) is 0 Å². The minimum atomic E-state index is -0.587. The highest BCUT2D eigenvalue weighted by Gasteiger charge is 2.07. The summed E-state index contributed by atoms with van der Waals surface area (Å²) in [5.74, 6) is 1.06. The number of ether oxygens (including phenoxy) is 4. The molecule has 0 atom stereocenters. The molecular weight excluding hydrogens is 374 g/mol. The van der Waals surface area contributed by atoms with Gasteiger partial charge in [0.1, 0.15) is 5.75 Å². The zero-order valence-corrected chi connectivity index (χ0v) is 16.8. The van der Waals surface area contributed by atoms with Crippen molar-refractivity contribution in [2.24, 2.45) is 0 Å². The van der Waals surface area contributed by atoms with Gasteiger partial charge in [-0.15, -0.1) is 0 Å². The van der Waals surface area contributed by atoms with E-state index in [0.29, 0.717) is 24.5 Å². The summed E-state index contributed by atoms with van der Waals surface area (Å²) in [4.78, 5) is 23.6. The Balaban J connectivity index is 1.71. The first kappa shape index (κ1) is 21.8. The zero-order chi connectivity index (χ0) is 21.1. The van der Waals surface area contributed by atoms with Gasteiger partial charge in [0.2, 0.25) is 0 Å². The van der Waals surface area contributed by atoms with E-state index in [2.05, 4.69) is 5.32 Å². The van der Waals surface area contributed by atoms with Gasteiger partial charge in [0, 0.05) is 12.6 Å². The number of methoxy groups -OCH3 is 3. The molecule has 29 heavy (non-hydrogen) atoms. The van der Waals surface area contributed by atoms with Crippen LogP contribution in [-0.4, -0.2) is 46.4 Å². The maximum absolute atomic E-state index is 11.8. The van der Waals surface area contributed by atoms with E-state index in [9.17, 15) is 9.59 Å². The third-order valence-electron chi connectivity index (χ3n) is 4.06. The molecule has 0 aliphatic carbocycles. The Bertz CT molecular complexity index is 845. The quantitative estimate of drug-likeness (QED) is 0.489. The van der Waals surface area contributed by atoms with Gasteiger partial charge < -0.3 is 24.3 Å². The van der Waals surface area contributed by atoms with Crippen molar-refractivity contribution in [2.45, 2.75) is 6.42 Å². The van der Waals surface area contributed by atoms with Crippen LogP contribution in [-0.2, 0) is 20.7 Å². The smallest absolute Gasteiger partial charge is 0.331 e. The molecule has 0 saturated carbocycles. The van der Waals surface area contributed by atoms with Gasteiger partial charge in [-0.2, -0.15) is 0 Å². The molecule has 0 unspecified atom stereocenters. The van der Waals surface area contributed by atoms with E-state index in [0.717, 1.165) is 16.9 Å². The van der Waals surface area contributed by atoms with Crippen LogP contribution in [0.5, 0.6) is 17.2 Å². The molecule has 154 valence electrons. The molecular formula is C22H25NO6. The number of nitrogens with one attached hydrogen (secondary N) is 1. The van der Waals surface area contributed by atoms with Gasteiger partial charge in [-0.3, -0.25) is 4.79 Å². The number of amides is 1. The number of carbonyl (C=O) groups excluding carboxylic acids is 2. The van der Waals surface area contributed by atoms with Crippen molar-refractivity contribution in [3.8, 4) is 17.2 Å². The zero-order valence-electron chi connectivity index (χ0n) is 16.8. The van der Waals surface area contributed by atoms with Crippen LogP contribution in [0.4, 0.5) is 0 Å². The number of rotatable bonds is 10. The lowest BCUT2D eigenvalue weighted by Gasteiger charge is -2.10. The second kappa shape index (κ2) is 11.4.